The third kappa shape index (κ3) is 14.1. The maximum absolute atomic E-state index is 13.3. The van der Waals surface area contributed by atoms with Gasteiger partial charge in [0.05, 0.1) is 12.5 Å². The number of esters is 1. The third-order valence-corrected chi connectivity index (χ3v) is 8.54. The van der Waals surface area contributed by atoms with Gasteiger partial charge in [-0.05, 0) is 50.4 Å². The predicted molar refractivity (Wildman–Crippen MR) is 177 cm³/mol. The average Bonchev–Trinajstić information content (AvgIpc) is 2.97. The van der Waals surface area contributed by atoms with Gasteiger partial charge in [0.15, 0.2) is 0 Å². The average molecular weight is 652 g/mol. The minimum absolute atomic E-state index is 0.0280. The Kier molecular flexibility index (Phi) is 17.9. The highest BCUT2D eigenvalue weighted by Crippen LogP contribution is 2.27. The van der Waals surface area contributed by atoms with Gasteiger partial charge in [-0.1, -0.05) is 87.5 Å². The second-order valence-electron chi connectivity index (χ2n) is 14.0. The summed E-state index contributed by atoms with van der Waals surface area (Å²) in [5.41, 5.74) is 0. The van der Waals surface area contributed by atoms with Gasteiger partial charge in [0.25, 0.3) is 0 Å². The van der Waals surface area contributed by atoms with E-state index in [9.17, 15) is 28.8 Å². The van der Waals surface area contributed by atoms with Crippen LogP contribution < -0.4 is 26.6 Å². The summed E-state index contributed by atoms with van der Waals surface area (Å²) in [7, 11) is 0. The van der Waals surface area contributed by atoms with Crippen molar-refractivity contribution in [2.45, 2.75) is 144 Å². The van der Waals surface area contributed by atoms with Crippen LogP contribution in [0.15, 0.2) is 0 Å². The zero-order chi connectivity index (χ0) is 35.1. The Labute approximate surface area is 276 Å². The first-order valence-corrected chi connectivity index (χ1v) is 17.2. The molecule has 1 saturated heterocycles. The van der Waals surface area contributed by atoms with Crippen LogP contribution >= 0.6 is 0 Å². The number of nitrogens with one attached hydrogen (secondary N) is 5. The van der Waals surface area contributed by atoms with Crippen molar-refractivity contribution in [2.24, 2.45) is 29.6 Å². The van der Waals surface area contributed by atoms with Crippen LogP contribution in [0.5, 0.6) is 0 Å². The van der Waals surface area contributed by atoms with Gasteiger partial charge in [-0.2, -0.15) is 0 Å². The number of carbonyl (C=O) groups excluding carboxylic acids is 6. The lowest BCUT2D eigenvalue weighted by Crippen LogP contribution is -2.58. The summed E-state index contributed by atoms with van der Waals surface area (Å²) in [5, 5.41) is 13.3. The molecule has 46 heavy (non-hydrogen) atoms. The number of ether oxygens (including phenoxy) is 1. The number of hydrogen-bond acceptors (Lipinski definition) is 7. The van der Waals surface area contributed by atoms with Crippen LogP contribution in [0.2, 0.25) is 0 Å². The zero-order valence-electron chi connectivity index (χ0n) is 29.8. The largest absolute Gasteiger partial charge is 0.460 e. The fraction of sp³-hybridized carbons (Fsp3) is 0.824. The molecule has 1 aliphatic heterocycles. The Bertz CT molecular complexity index is 1030. The van der Waals surface area contributed by atoms with Crippen molar-refractivity contribution < 1.29 is 33.5 Å². The molecule has 0 aliphatic carbocycles. The third-order valence-electron chi connectivity index (χ3n) is 8.54. The maximum atomic E-state index is 13.3. The molecule has 264 valence electrons. The Balaban J connectivity index is 3.33. The van der Waals surface area contributed by atoms with E-state index in [-0.39, 0.29) is 30.7 Å². The summed E-state index contributed by atoms with van der Waals surface area (Å²) in [6, 6.07) is -4.03. The van der Waals surface area contributed by atoms with Crippen molar-refractivity contribution in [1.82, 2.24) is 26.6 Å². The Morgan fingerprint density at radius 3 is 1.96 bits per heavy atom. The molecular weight excluding hydrogens is 590 g/mol. The van der Waals surface area contributed by atoms with E-state index in [0.717, 1.165) is 25.7 Å². The molecule has 8 atom stereocenters. The first-order chi connectivity index (χ1) is 21.5. The summed E-state index contributed by atoms with van der Waals surface area (Å²) in [6.07, 6.45) is 5.79. The summed E-state index contributed by atoms with van der Waals surface area (Å²) in [6.45, 7) is 17.8. The molecule has 1 heterocycles. The number of carbonyl (C=O) groups is 6. The van der Waals surface area contributed by atoms with E-state index in [4.69, 9.17) is 4.74 Å². The molecule has 1 rings (SSSR count). The highest BCUT2D eigenvalue weighted by atomic mass is 16.5. The first-order valence-electron chi connectivity index (χ1n) is 17.2. The SMILES string of the molecule is CCCCCCC(C)CC(C)C1OC(=O)C(C)NC(=O)C(C)NC(=O)C(CC(C)C)NC(=O)C(C(C)C)NC(=O)CNC(=O)C1C. The fourth-order valence-corrected chi connectivity index (χ4v) is 5.73. The van der Waals surface area contributed by atoms with E-state index in [0.29, 0.717) is 12.3 Å². The van der Waals surface area contributed by atoms with Crippen LogP contribution in [0.4, 0.5) is 0 Å². The van der Waals surface area contributed by atoms with Gasteiger partial charge in [0.2, 0.25) is 29.5 Å². The fourth-order valence-electron chi connectivity index (χ4n) is 5.73. The number of cyclic esters (lactones) is 1. The van der Waals surface area contributed by atoms with Gasteiger partial charge in [-0.3, -0.25) is 24.0 Å². The Hall–Kier alpha value is -3.18. The molecule has 5 N–H and O–H groups in total. The normalized spacial score (nSPS) is 27.7. The van der Waals surface area contributed by atoms with Gasteiger partial charge in [0.1, 0.15) is 30.3 Å². The van der Waals surface area contributed by atoms with Crippen molar-refractivity contribution in [1.29, 1.82) is 0 Å². The van der Waals surface area contributed by atoms with Crippen molar-refractivity contribution >= 4 is 35.5 Å². The van der Waals surface area contributed by atoms with Crippen molar-refractivity contribution in [3.05, 3.63) is 0 Å². The molecule has 12 nitrogen and oxygen atoms in total. The summed E-state index contributed by atoms with van der Waals surface area (Å²) >= 11 is 0. The second kappa shape index (κ2) is 20.1. The lowest BCUT2D eigenvalue weighted by molar-refractivity contribution is -0.160. The Morgan fingerprint density at radius 2 is 1.37 bits per heavy atom. The van der Waals surface area contributed by atoms with Gasteiger partial charge in [-0.25, -0.2) is 4.79 Å². The standard InChI is InChI=1S/C34H61N5O7/c1-11-12-13-14-15-21(6)17-22(7)29-23(8)30(41)35-18-27(40)39-28(20(4)5)33(44)38-26(16-19(2)3)32(43)36-24(9)31(42)37-25(10)34(45)46-29/h19-26,28-29H,11-18H2,1-10H3,(H,35,41)(H,36,43)(H,37,42)(H,38,44)(H,39,40). The molecule has 12 heteroatoms. The van der Waals surface area contributed by atoms with E-state index in [2.05, 4.69) is 40.4 Å². The van der Waals surface area contributed by atoms with Gasteiger partial charge in [-0.15, -0.1) is 0 Å². The Morgan fingerprint density at radius 1 is 0.739 bits per heavy atom. The molecule has 0 spiro atoms. The van der Waals surface area contributed by atoms with Gasteiger partial charge >= 0.3 is 5.97 Å². The monoisotopic (exact) mass is 651 g/mol. The quantitative estimate of drug-likeness (QED) is 0.169. The number of amides is 5. The summed E-state index contributed by atoms with van der Waals surface area (Å²) in [5.74, 6) is -4.43. The topological polar surface area (TPSA) is 172 Å². The molecule has 0 radical (unpaired) electrons. The molecule has 0 bridgehead atoms. The van der Waals surface area contributed by atoms with Gasteiger partial charge < -0.3 is 31.3 Å². The maximum Gasteiger partial charge on any atom is 0.328 e. The van der Waals surface area contributed by atoms with Crippen LogP contribution in [-0.4, -0.2) is 72.3 Å². The van der Waals surface area contributed by atoms with E-state index < -0.39 is 71.7 Å². The van der Waals surface area contributed by atoms with Crippen molar-refractivity contribution in [2.75, 3.05) is 6.54 Å². The highest BCUT2D eigenvalue weighted by Gasteiger charge is 2.36. The zero-order valence-corrected chi connectivity index (χ0v) is 29.8. The predicted octanol–water partition coefficient (Wildman–Crippen LogP) is 2.98. The lowest BCUT2D eigenvalue weighted by atomic mass is 9.84. The lowest BCUT2D eigenvalue weighted by Gasteiger charge is -2.31. The molecule has 5 amide bonds. The molecule has 0 aromatic carbocycles. The number of rotatable bonds is 11. The van der Waals surface area contributed by atoms with Crippen molar-refractivity contribution in [3.63, 3.8) is 0 Å². The molecular formula is C34H61N5O7. The number of hydrogen-bond donors (Lipinski definition) is 5. The summed E-state index contributed by atoms with van der Waals surface area (Å²) in [4.78, 5) is 79.0. The minimum atomic E-state index is -1.06. The highest BCUT2D eigenvalue weighted by molar-refractivity contribution is 5.95. The van der Waals surface area contributed by atoms with E-state index in [1.165, 1.54) is 20.3 Å². The van der Waals surface area contributed by atoms with Crippen LogP contribution in [0.1, 0.15) is 114 Å². The smallest absolute Gasteiger partial charge is 0.328 e. The molecule has 0 aromatic heterocycles. The second-order valence-corrected chi connectivity index (χ2v) is 14.0. The van der Waals surface area contributed by atoms with Crippen LogP contribution in [0, 0.1) is 29.6 Å². The number of unbranched alkanes of at least 4 members (excludes halogenated alkanes) is 3. The van der Waals surface area contributed by atoms with E-state index in [1.54, 1.807) is 20.8 Å². The first kappa shape index (κ1) is 40.8. The molecule has 8 unspecified atom stereocenters. The van der Waals surface area contributed by atoms with Crippen LogP contribution in [0.3, 0.4) is 0 Å². The van der Waals surface area contributed by atoms with Crippen LogP contribution in [0.25, 0.3) is 0 Å². The molecule has 0 saturated carbocycles. The van der Waals surface area contributed by atoms with Crippen LogP contribution in [-0.2, 0) is 33.5 Å². The minimum Gasteiger partial charge on any atom is -0.460 e. The summed E-state index contributed by atoms with van der Waals surface area (Å²) < 4.78 is 5.91. The van der Waals surface area contributed by atoms with Gasteiger partial charge in [0, 0.05) is 0 Å². The molecule has 1 aliphatic rings. The van der Waals surface area contributed by atoms with E-state index >= 15 is 0 Å². The molecule has 0 aromatic rings. The van der Waals surface area contributed by atoms with E-state index in [1.807, 2.05) is 20.8 Å². The van der Waals surface area contributed by atoms with Crippen molar-refractivity contribution in [3.8, 4) is 0 Å². The molecule has 1 fully saturated rings.